The molecule has 0 aliphatic heterocycles. The van der Waals surface area contributed by atoms with Crippen molar-refractivity contribution in [3.63, 3.8) is 0 Å². The first-order chi connectivity index (χ1) is 7.56. The SMILES string of the molecule is CCc1ccccc1C(CC(=O)O)C(C)N. The molecule has 0 aliphatic carbocycles. The summed E-state index contributed by atoms with van der Waals surface area (Å²) < 4.78 is 0. The summed E-state index contributed by atoms with van der Waals surface area (Å²) in [7, 11) is 0. The Morgan fingerprint density at radius 1 is 1.44 bits per heavy atom. The molecule has 0 amide bonds. The Morgan fingerprint density at radius 2 is 2.06 bits per heavy atom. The van der Waals surface area contributed by atoms with Gasteiger partial charge in [-0.25, -0.2) is 0 Å². The van der Waals surface area contributed by atoms with Gasteiger partial charge in [-0.15, -0.1) is 0 Å². The molecule has 3 N–H and O–H groups in total. The largest absolute Gasteiger partial charge is 0.481 e. The fourth-order valence-electron chi connectivity index (χ4n) is 1.99. The van der Waals surface area contributed by atoms with E-state index >= 15 is 0 Å². The number of carboxylic acids is 1. The Morgan fingerprint density at radius 3 is 2.56 bits per heavy atom. The molecule has 1 aromatic rings. The second-order valence-electron chi connectivity index (χ2n) is 4.12. The highest BCUT2D eigenvalue weighted by molar-refractivity contribution is 5.68. The van der Waals surface area contributed by atoms with Crippen LogP contribution >= 0.6 is 0 Å². The Hall–Kier alpha value is -1.35. The predicted octanol–water partition coefficient (Wildman–Crippen LogP) is 2.15. The molecule has 0 heterocycles. The van der Waals surface area contributed by atoms with E-state index in [2.05, 4.69) is 6.92 Å². The van der Waals surface area contributed by atoms with Gasteiger partial charge in [0.05, 0.1) is 6.42 Å². The van der Waals surface area contributed by atoms with E-state index in [9.17, 15) is 4.79 Å². The zero-order chi connectivity index (χ0) is 12.1. The molecule has 0 radical (unpaired) electrons. The van der Waals surface area contributed by atoms with E-state index in [1.165, 1.54) is 5.56 Å². The lowest BCUT2D eigenvalue weighted by atomic mass is 9.86. The summed E-state index contributed by atoms with van der Waals surface area (Å²) in [6, 6.07) is 7.78. The van der Waals surface area contributed by atoms with Gasteiger partial charge in [-0.05, 0) is 24.5 Å². The first-order valence-corrected chi connectivity index (χ1v) is 5.61. The number of nitrogens with two attached hydrogens (primary N) is 1. The van der Waals surface area contributed by atoms with Crippen LogP contribution in [-0.4, -0.2) is 17.1 Å². The molecule has 1 rings (SSSR count). The Bertz CT molecular complexity index is 361. The van der Waals surface area contributed by atoms with Crippen LogP contribution in [0.2, 0.25) is 0 Å². The van der Waals surface area contributed by atoms with Crippen molar-refractivity contribution >= 4 is 5.97 Å². The van der Waals surface area contributed by atoms with Crippen molar-refractivity contribution in [3.8, 4) is 0 Å². The maximum absolute atomic E-state index is 10.8. The Labute approximate surface area is 96.3 Å². The molecule has 3 nitrogen and oxygen atoms in total. The van der Waals surface area contributed by atoms with Gasteiger partial charge >= 0.3 is 5.97 Å². The van der Waals surface area contributed by atoms with Crippen LogP contribution in [0.1, 0.15) is 37.3 Å². The molecular weight excluding hydrogens is 202 g/mol. The minimum Gasteiger partial charge on any atom is -0.481 e. The van der Waals surface area contributed by atoms with Gasteiger partial charge in [-0.1, -0.05) is 31.2 Å². The van der Waals surface area contributed by atoms with Crippen LogP contribution in [0.25, 0.3) is 0 Å². The summed E-state index contributed by atoms with van der Waals surface area (Å²) in [5.74, 6) is -0.901. The molecule has 0 fully saturated rings. The minimum absolute atomic E-state index is 0.0919. The quantitative estimate of drug-likeness (QED) is 0.800. The highest BCUT2D eigenvalue weighted by atomic mass is 16.4. The van der Waals surface area contributed by atoms with Gasteiger partial charge in [0.15, 0.2) is 0 Å². The number of carbonyl (C=O) groups is 1. The van der Waals surface area contributed by atoms with Crippen molar-refractivity contribution in [2.75, 3.05) is 0 Å². The molecule has 0 saturated carbocycles. The zero-order valence-corrected chi connectivity index (χ0v) is 9.81. The smallest absolute Gasteiger partial charge is 0.304 e. The van der Waals surface area contributed by atoms with Gasteiger partial charge in [-0.2, -0.15) is 0 Å². The second-order valence-corrected chi connectivity index (χ2v) is 4.12. The van der Waals surface area contributed by atoms with E-state index in [1.54, 1.807) is 0 Å². The fraction of sp³-hybridized carbons (Fsp3) is 0.462. The third-order valence-corrected chi connectivity index (χ3v) is 2.86. The monoisotopic (exact) mass is 221 g/mol. The zero-order valence-electron chi connectivity index (χ0n) is 9.81. The summed E-state index contributed by atoms with van der Waals surface area (Å²) in [6.45, 7) is 3.93. The summed E-state index contributed by atoms with van der Waals surface area (Å²) in [5.41, 5.74) is 8.14. The molecule has 1 aromatic carbocycles. The molecule has 0 aromatic heterocycles. The van der Waals surface area contributed by atoms with E-state index in [4.69, 9.17) is 10.8 Å². The van der Waals surface area contributed by atoms with Crippen molar-refractivity contribution < 1.29 is 9.90 Å². The number of benzene rings is 1. The van der Waals surface area contributed by atoms with Crippen LogP contribution in [0.3, 0.4) is 0 Å². The fourth-order valence-corrected chi connectivity index (χ4v) is 1.99. The summed E-state index contributed by atoms with van der Waals surface area (Å²) >= 11 is 0. The van der Waals surface area contributed by atoms with E-state index in [0.717, 1.165) is 12.0 Å². The molecule has 2 unspecified atom stereocenters. The number of hydrogen-bond donors (Lipinski definition) is 2. The van der Waals surface area contributed by atoms with Crippen LogP contribution in [0.15, 0.2) is 24.3 Å². The molecule has 0 saturated heterocycles. The molecule has 0 aliphatic rings. The molecule has 3 heteroatoms. The maximum Gasteiger partial charge on any atom is 0.304 e. The minimum atomic E-state index is -0.798. The second kappa shape index (κ2) is 5.66. The Balaban J connectivity index is 3.05. The lowest BCUT2D eigenvalue weighted by Gasteiger charge is -2.22. The average Bonchev–Trinajstić information content (AvgIpc) is 2.25. The highest BCUT2D eigenvalue weighted by Gasteiger charge is 2.21. The van der Waals surface area contributed by atoms with Crippen LogP contribution in [0.5, 0.6) is 0 Å². The van der Waals surface area contributed by atoms with Crippen molar-refractivity contribution in [2.24, 2.45) is 5.73 Å². The van der Waals surface area contributed by atoms with E-state index in [-0.39, 0.29) is 18.4 Å². The number of carboxylic acid groups (broad SMARTS) is 1. The summed E-state index contributed by atoms with van der Waals surface area (Å²) in [6.07, 6.45) is 0.994. The molecular formula is C13H19NO2. The number of hydrogen-bond acceptors (Lipinski definition) is 2. The van der Waals surface area contributed by atoms with Gasteiger partial charge < -0.3 is 10.8 Å². The third kappa shape index (κ3) is 3.07. The third-order valence-electron chi connectivity index (χ3n) is 2.86. The molecule has 88 valence electrons. The lowest BCUT2D eigenvalue weighted by Crippen LogP contribution is -2.27. The van der Waals surface area contributed by atoms with Crippen molar-refractivity contribution in [1.29, 1.82) is 0 Å². The topological polar surface area (TPSA) is 63.3 Å². The van der Waals surface area contributed by atoms with E-state index in [1.807, 2.05) is 31.2 Å². The molecule has 0 spiro atoms. The van der Waals surface area contributed by atoms with E-state index < -0.39 is 5.97 Å². The number of rotatable bonds is 5. The van der Waals surface area contributed by atoms with Gasteiger partial charge in [-0.3, -0.25) is 4.79 Å². The van der Waals surface area contributed by atoms with Gasteiger partial charge in [0.25, 0.3) is 0 Å². The summed E-state index contributed by atoms with van der Waals surface area (Å²) in [5, 5.41) is 8.90. The van der Waals surface area contributed by atoms with Gasteiger partial charge in [0, 0.05) is 12.0 Å². The van der Waals surface area contributed by atoms with E-state index in [0.29, 0.717) is 0 Å². The lowest BCUT2D eigenvalue weighted by molar-refractivity contribution is -0.137. The number of aliphatic carboxylic acids is 1. The van der Waals surface area contributed by atoms with Crippen LogP contribution in [0.4, 0.5) is 0 Å². The standard InChI is InChI=1S/C13H19NO2/c1-3-10-6-4-5-7-11(10)12(9(2)14)8-13(15)16/h4-7,9,12H,3,8,14H2,1-2H3,(H,15,16). The molecule has 2 atom stereocenters. The van der Waals surface area contributed by atoms with Crippen molar-refractivity contribution in [1.82, 2.24) is 0 Å². The van der Waals surface area contributed by atoms with Crippen LogP contribution in [0, 0.1) is 0 Å². The molecule has 16 heavy (non-hydrogen) atoms. The van der Waals surface area contributed by atoms with Crippen molar-refractivity contribution in [2.45, 2.75) is 38.6 Å². The first-order valence-electron chi connectivity index (χ1n) is 5.61. The van der Waals surface area contributed by atoms with Crippen LogP contribution < -0.4 is 5.73 Å². The van der Waals surface area contributed by atoms with Gasteiger partial charge in [0.2, 0.25) is 0 Å². The number of aryl methyl sites for hydroxylation is 1. The van der Waals surface area contributed by atoms with Gasteiger partial charge in [0.1, 0.15) is 0 Å². The summed E-state index contributed by atoms with van der Waals surface area (Å²) in [4.78, 5) is 10.8. The van der Waals surface area contributed by atoms with Crippen LogP contribution in [-0.2, 0) is 11.2 Å². The van der Waals surface area contributed by atoms with Crippen molar-refractivity contribution in [3.05, 3.63) is 35.4 Å². The maximum atomic E-state index is 10.8. The predicted molar refractivity (Wildman–Crippen MR) is 64.5 cm³/mol. The highest BCUT2D eigenvalue weighted by Crippen LogP contribution is 2.26. The average molecular weight is 221 g/mol. The Kier molecular flexibility index (Phi) is 4.50. The molecule has 0 bridgehead atoms. The normalized spacial score (nSPS) is 14.4. The first kappa shape index (κ1) is 12.7.